The quantitative estimate of drug-likeness (QED) is 0.810. The number of nitrogens with one attached hydrogen (secondary N) is 1. The van der Waals surface area contributed by atoms with Crippen LogP contribution in [0.5, 0.6) is 5.75 Å². The largest absolute Gasteiger partial charge is 0.508 e. The number of aromatic carboxylic acids is 1. The van der Waals surface area contributed by atoms with E-state index in [4.69, 9.17) is 21.8 Å². The topological polar surface area (TPSA) is 86.6 Å². The molecule has 5 nitrogen and oxygen atoms in total. The Kier molecular flexibility index (Phi) is 4.45. The molecule has 0 aliphatic heterocycles. The highest BCUT2D eigenvalue weighted by atomic mass is 35.5. The van der Waals surface area contributed by atoms with Gasteiger partial charge in [0.2, 0.25) is 5.91 Å². The highest BCUT2D eigenvalue weighted by molar-refractivity contribution is 6.31. The number of hydrogen-bond acceptors (Lipinski definition) is 3. The lowest BCUT2D eigenvalue weighted by Crippen LogP contribution is -2.14. The van der Waals surface area contributed by atoms with Crippen LogP contribution in [0.3, 0.4) is 0 Å². The third kappa shape index (κ3) is 4.22. The summed E-state index contributed by atoms with van der Waals surface area (Å²) in [5.74, 6) is -1.30. The molecule has 1 amide bonds. The SMILES string of the molecule is O=C(Cc1ccc(O)cc1)Nc1cc(Cl)cc(C(=O)O)c1. The molecule has 0 aliphatic carbocycles. The normalized spacial score (nSPS) is 10.1. The third-order valence-corrected chi connectivity index (χ3v) is 2.95. The van der Waals surface area contributed by atoms with Crippen LogP contribution in [-0.2, 0) is 11.2 Å². The minimum Gasteiger partial charge on any atom is -0.508 e. The Morgan fingerprint density at radius 1 is 1.10 bits per heavy atom. The number of phenolic OH excluding ortho intramolecular Hbond substituents is 1. The van der Waals surface area contributed by atoms with Gasteiger partial charge in [-0.15, -0.1) is 0 Å². The summed E-state index contributed by atoms with van der Waals surface area (Å²) in [5.41, 5.74) is 1.05. The van der Waals surface area contributed by atoms with E-state index < -0.39 is 5.97 Å². The summed E-state index contributed by atoms with van der Waals surface area (Å²) < 4.78 is 0. The van der Waals surface area contributed by atoms with E-state index in [1.807, 2.05) is 0 Å². The summed E-state index contributed by atoms with van der Waals surface area (Å²) in [6, 6.07) is 10.4. The van der Waals surface area contributed by atoms with E-state index in [2.05, 4.69) is 5.32 Å². The molecule has 0 saturated carbocycles. The highest BCUT2D eigenvalue weighted by Crippen LogP contribution is 2.19. The lowest BCUT2D eigenvalue weighted by Gasteiger charge is -2.07. The zero-order valence-corrected chi connectivity index (χ0v) is 11.6. The summed E-state index contributed by atoms with van der Waals surface area (Å²) in [6.45, 7) is 0. The average Bonchev–Trinajstić information content (AvgIpc) is 2.40. The minimum absolute atomic E-state index is 0.00225. The number of halogens is 1. The number of carbonyl (C=O) groups is 2. The molecule has 0 radical (unpaired) electrons. The molecular weight excluding hydrogens is 294 g/mol. The van der Waals surface area contributed by atoms with Gasteiger partial charge in [0.05, 0.1) is 12.0 Å². The summed E-state index contributed by atoms with van der Waals surface area (Å²) in [4.78, 5) is 22.8. The first-order valence-electron chi connectivity index (χ1n) is 6.05. The van der Waals surface area contributed by atoms with Crippen molar-refractivity contribution in [2.24, 2.45) is 0 Å². The molecule has 21 heavy (non-hydrogen) atoms. The first-order valence-corrected chi connectivity index (χ1v) is 6.43. The summed E-state index contributed by atoms with van der Waals surface area (Å²) in [7, 11) is 0. The van der Waals surface area contributed by atoms with Crippen LogP contribution >= 0.6 is 11.6 Å². The van der Waals surface area contributed by atoms with Crippen LogP contribution in [0.25, 0.3) is 0 Å². The molecule has 0 aliphatic rings. The molecule has 0 aromatic heterocycles. The molecule has 0 saturated heterocycles. The summed E-state index contributed by atoms with van der Waals surface area (Å²) in [5, 5.41) is 20.9. The maximum atomic E-state index is 11.9. The van der Waals surface area contributed by atoms with Gasteiger partial charge in [-0.05, 0) is 35.9 Å². The predicted molar refractivity (Wildman–Crippen MR) is 78.9 cm³/mol. The van der Waals surface area contributed by atoms with Gasteiger partial charge in [0, 0.05) is 10.7 Å². The number of hydrogen-bond donors (Lipinski definition) is 3. The maximum Gasteiger partial charge on any atom is 0.335 e. The van der Waals surface area contributed by atoms with Gasteiger partial charge in [0.1, 0.15) is 5.75 Å². The second-order valence-electron chi connectivity index (χ2n) is 4.43. The Morgan fingerprint density at radius 2 is 1.76 bits per heavy atom. The Hall–Kier alpha value is -2.53. The first-order chi connectivity index (χ1) is 9.94. The van der Waals surface area contributed by atoms with Crippen LogP contribution in [0, 0.1) is 0 Å². The first kappa shape index (κ1) is 14.9. The zero-order chi connectivity index (χ0) is 15.4. The van der Waals surface area contributed by atoms with Crippen LogP contribution in [0.15, 0.2) is 42.5 Å². The number of carbonyl (C=O) groups excluding carboxylic acids is 1. The molecule has 0 unspecified atom stereocenters. The van der Waals surface area contributed by atoms with Crippen molar-refractivity contribution in [1.82, 2.24) is 0 Å². The van der Waals surface area contributed by atoms with Gasteiger partial charge >= 0.3 is 5.97 Å². The Balaban J connectivity index is 2.09. The van der Waals surface area contributed by atoms with Crippen molar-refractivity contribution in [3.63, 3.8) is 0 Å². The second kappa shape index (κ2) is 6.28. The molecule has 2 aromatic rings. The molecule has 0 fully saturated rings. The molecule has 108 valence electrons. The van der Waals surface area contributed by atoms with E-state index in [0.717, 1.165) is 5.56 Å². The number of aromatic hydroxyl groups is 1. The standard InChI is InChI=1S/C15H12ClNO4/c16-11-6-10(15(20)21)7-12(8-11)17-14(19)5-9-1-3-13(18)4-2-9/h1-4,6-8,18H,5H2,(H,17,19)(H,20,21). The lowest BCUT2D eigenvalue weighted by atomic mass is 10.1. The van der Waals surface area contributed by atoms with E-state index >= 15 is 0 Å². The number of rotatable bonds is 4. The summed E-state index contributed by atoms with van der Waals surface area (Å²) >= 11 is 5.81. The van der Waals surface area contributed by atoms with Crippen LogP contribution in [0.1, 0.15) is 15.9 Å². The molecule has 0 bridgehead atoms. The van der Waals surface area contributed by atoms with Crippen LogP contribution < -0.4 is 5.32 Å². The lowest BCUT2D eigenvalue weighted by molar-refractivity contribution is -0.115. The zero-order valence-electron chi connectivity index (χ0n) is 10.8. The van der Waals surface area contributed by atoms with E-state index in [0.29, 0.717) is 5.69 Å². The van der Waals surface area contributed by atoms with Gasteiger partial charge in [-0.3, -0.25) is 4.79 Å². The van der Waals surface area contributed by atoms with Crippen molar-refractivity contribution in [3.05, 3.63) is 58.6 Å². The number of benzene rings is 2. The van der Waals surface area contributed by atoms with Crippen LogP contribution in [0.4, 0.5) is 5.69 Å². The predicted octanol–water partition coefficient (Wildman–Crippen LogP) is 2.93. The number of phenols is 1. The van der Waals surface area contributed by atoms with E-state index in [1.165, 1.54) is 30.3 Å². The number of carboxylic acid groups (broad SMARTS) is 1. The minimum atomic E-state index is -1.12. The molecule has 0 spiro atoms. The Bertz CT molecular complexity index is 683. The average molecular weight is 306 g/mol. The van der Waals surface area contributed by atoms with Crippen molar-refractivity contribution >= 4 is 29.2 Å². The molecule has 3 N–H and O–H groups in total. The fraction of sp³-hybridized carbons (Fsp3) is 0.0667. The molecule has 2 rings (SSSR count). The van der Waals surface area contributed by atoms with Crippen molar-refractivity contribution < 1.29 is 19.8 Å². The van der Waals surface area contributed by atoms with Gasteiger partial charge in [0.15, 0.2) is 0 Å². The molecule has 2 aromatic carbocycles. The smallest absolute Gasteiger partial charge is 0.335 e. The monoisotopic (exact) mass is 305 g/mol. The molecule has 0 heterocycles. The second-order valence-corrected chi connectivity index (χ2v) is 4.86. The van der Waals surface area contributed by atoms with Crippen LogP contribution in [0.2, 0.25) is 5.02 Å². The van der Waals surface area contributed by atoms with E-state index in [-0.39, 0.29) is 28.7 Å². The third-order valence-electron chi connectivity index (χ3n) is 2.73. The highest BCUT2D eigenvalue weighted by Gasteiger charge is 2.09. The van der Waals surface area contributed by atoms with Crippen molar-refractivity contribution in [2.45, 2.75) is 6.42 Å². The van der Waals surface area contributed by atoms with Crippen molar-refractivity contribution in [1.29, 1.82) is 0 Å². The Morgan fingerprint density at radius 3 is 2.38 bits per heavy atom. The molecule has 6 heteroatoms. The van der Waals surface area contributed by atoms with Crippen molar-refractivity contribution in [3.8, 4) is 5.75 Å². The number of anilines is 1. The number of amides is 1. The van der Waals surface area contributed by atoms with E-state index in [9.17, 15) is 9.59 Å². The fourth-order valence-corrected chi connectivity index (χ4v) is 2.02. The maximum absolute atomic E-state index is 11.9. The fourth-order valence-electron chi connectivity index (χ4n) is 1.79. The van der Waals surface area contributed by atoms with Gasteiger partial charge < -0.3 is 15.5 Å². The van der Waals surface area contributed by atoms with E-state index in [1.54, 1.807) is 12.1 Å². The van der Waals surface area contributed by atoms with Crippen molar-refractivity contribution in [2.75, 3.05) is 5.32 Å². The van der Waals surface area contributed by atoms with Gasteiger partial charge in [-0.1, -0.05) is 23.7 Å². The number of carboxylic acids is 1. The Labute approximate surface area is 125 Å². The summed E-state index contributed by atoms with van der Waals surface area (Å²) in [6.07, 6.45) is 0.106. The molecular formula is C15H12ClNO4. The van der Waals surface area contributed by atoms with Gasteiger partial charge in [-0.25, -0.2) is 4.79 Å². The van der Waals surface area contributed by atoms with Gasteiger partial charge in [0.25, 0.3) is 0 Å². The molecule has 0 atom stereocenters. The van der Waals surface area contributed by atoms with Crippen LogP contribution in [-0.4, -0.2) is 22.1 Å². The van der Waals surface area contributed by atoms with Gasteiger partial charge in [-0.2, -0.15) is 0 Å².